The van der Waals surface area contributed by atoms with Crippen molar-refractivity contribution in [1.29, 1.82) is 0 Å². The fourth-order valence-electron chi connectivity index (χ4n) is 3.76. The van der Waals surface area contributed by atoms with Gasteiger partial charge in [0.1, 0.15) is 6.33 Å². The quantitative estimate of drug-likeness (QED) is 0.783. The van der Waals surface area contributed by atoms with Crippen LogP contribution in [0.1, 0.15) is 37.2 Å². The van der Waals surface area contributed by atoms with E-state index in [2.05, 4.69) is 39.1 Å². The molecule has 3 heterocycles. The van der Waals surface area contributed by atoms with Crippen LogP contribution in [0.15, 0.2) is 6.33 Å². The third-order valence-electron chi connectivity index (χ3n) is 5.38. The maximum Gasteiger partial charge on any atom is 0.252 e. The Morgan fingerprint density at radius 2 is 2.04 bits per heavy atom. The van der Waals surface area contributed by atoms with Crippen molar-refractivity contribution >= 4 is 11.7 Å². The molecule has 1 saturated heterocycles. The summed E-state index contributed by atoms with van der Waals surface area (Å²) in [5, 5.41) is 7.33. The topological polar surface area (TPSA) is 84.6 Å². The summed E-state index contributed by atoms with van der Waals surface area (Å²) in [5.74, 6) is 1.15. The number of fused-ring (bicyclic) bond motifs is 1. The van der Waals surface area contributed by atoms with Gasteiger partial charge in [-0.3, -0.25) is 9.69 Å². The molecule has 0 saturated carbocycles. The molecule has 2 aromatic rings. The third kappa shape index (κ3) is 4.62. The number of aromatic nitrogens is 4. The molecule has 0 aliphatic carbocycles. The Kier molecular flexibility index (Phi) is 6.38. The second-order valence-electron chi connectivity index (χ2n) is 7.50. The summed E-state index contributed by atoms with van der Waals surface area (Å²) in [6.07, 6.45) is 2.59. The van der Waals surface area contributed by atoms with Crippen LogP contribution in [0.5, 0.6) is 0 Å². The fraction of sp³-hybridized carbons (Fsp3) is 0.684. The number of nitrogens with one attached hydrogen (secondary N) is 1. The Balaban J connectivity index is 1.56. The SMILES string of the molecule is Cc1nc2ncnn2c(C)c1CCC(=O)NCC(C(C)C)N1CCOCC1. The van der Waals surface area contributed by atoms with E-state index >= 15 is 0 Å². The number of carbonyl (C=O) groups is 1. The minimum atomic E-state index is 0.0754. The summed E-state index contributed by atoms with van der Waals surface area (Å²) in [4.78, 5) is 23.5. The van der Waals surface area contributed by atoms with Crippen molar-refractivity contribution in [2.75, 3.05) is 32.8 Å². The Morgan fingerprint density at radius 3 is 2.74 bits per heavy atom. The first kappa shape index (κ1) is 19.7. The third-order valence-corrected chi connectivity index (χ3v) is 5.38. The Bertz CT molecular complexity index is 782. The summed E-state index contributed by atoms with van der Waals surface area (Å²) in [5.41, 5.74) is 2.97. The number of carbonyl (C=O) groups excluding carboxylic acids is 1. The predicted octanol–water partition coefficient (Wildman–Crippen LogP) is 1.15. The van der Waals surface area contributed by atoms with Gasteiger partial charge in [0.15, 0.2) is 0 Å². The number of hydrogen-bond donors (Lipinski definition) is 1. The molecule has 1 fully saturated rings. The molecular weight excluding hydrogens is 344 g/mol. The summed E-state index contributed by atoms with van der Waals surface area (Å²) >= 11 is 0. The van der Waals surface area contributed by atoms with E-state index in [9.17, 15) is 4.79 Å². The van der Waals surface area contributed by atoms with Gasteiger partial charge < -0.3 is 10.1 Å². The summed E-state index contributed by atoms with van der Waals surface area (Å²) < 4.78 is 7.17. The average Bonchev–Trinajstić information content (AvgIpc) is 3.11. The van der Waals surface area contributed by atoms with Crippen LogP contribution in [-0.2, 0) is 16.0 Å². The first-order valence-electron chi connectivity index (χ1n) is 9.71. The maximum absolute atomic E-state index is 12.5. The molecule has 1 N–H and O–H groups in total. The van der Waals surface area contributed by atoms with E-state index in [1.165, 1.54) is 6.33 Å². The number of aryl methyl sites for hydroxylation is 2. The zero-order valence-corrected chi connectivity index (χ0v) is 16.7. The van der Waals surface area contributed by atoms with Crippen LogP contribution in [0.3, 0.4) is 0 Å². The van der Waals surface area contributed by atoms with Crippen molar-refractivity contribution in [3.8, 4) is 0 Å². The number of morpholine rings is 1. The highest BCUT2D eigenvalue weighted by Gasteiger charge is 2.24. The number of ether oxygens (including phenoxy) is 1. The van der Waals surface area contributed by atoms with E-state index in [1.54, 1.807) is 4.52 Å². The van der Waals surface area contributed by atoms with Crippen LogP contribution in [0.4, 0.5) is 0 Å². The van der Waals surface area contributed by atoms with Crippen LogP contribution < -0.4 is 5.32 Å². The highest BCUT2D eigenvalue weighted by atomic mass is 16.5. The monoisotopic (exact) mass is 374 g/mol. The second kappa shape index (κ2) is 8.75. The molecule has 1 aliphatic rings. The van der Waals surface area contributed by atoms with E-state index in [1.807, 2.05) is 13.8 Å². The van der Waals surface area contributed by atoms with E-state index in [0.29, 0.717) is 37.1 Å². The number of hydrogen-bond acceptors (Lipinski definition) is 6. The summed E-state index contributed by atoms with van der Waals surface area (Å²) in [6.45, 7) is 12.5. The number of rotatable bonds is 7. The zero-order chi connectivity index (χ0) is 19.4. The molecule has 0 bridgehead atoms. The average molecular weight is 374 g/mol. The number of nitrogens with zero attached hydrogens (tertiary/aromatic N) is 5. The van der Waals surface area contributed by atoms with Gasteiger partial charge in [-0.25, -0.2) is 9.50 Å². The molecule has 1 unspecified atom stereocenters. The van der Waals surface area contributed by atoms with Crippen LogP contribution in [-0.4, -0.2) is 69.3 Å². The molecule has 148 valence electrons. The van der Waals surface area contributed by atoms with Gasteiger partial charge in [0.05, 0.1) is 13.2 Å². The van der Waals surface area contributed by atoms with Crippen molar-refractivity contribution < 1.29 is 9.53 Å². The van der Waals surface area contributed by atoms with Gasteiger partial charge >= 0.3 is 0 Å². The first-order chi connectivity index (χ1) is 13.0. The van der Waals surface area contributed by atoms with Crippen LogP contribution in [0.25, 0.3) is 5.78 Å². The largest absolute Gasteiger partial charge is 0.379 e. The van der Waals surface area contributed by atoms with E-state index < -0.39 is 0 Å². The normalized spacial score (nSPS) is 16.8. The molecule has 2 aromatic heterocycles. The molecule has 0 radical (unpaired) electrons. The molecule has 1 amide bonds. The predicted molar refractivity (Wildman–Crippen MR) is 103 cm³/mol. The lowest BCUT2D eigenvalue weighted by atomic mass is 10.0. The van der Waals surface area contributed by atoms with E-state index in [0.717, 1.165) is 43.3 Å². The number of amides is 1. The lowest BCUT2D eigenvalue weighted by Gasteiger charge is -2.36. The molecule has 27 heavy (non-hydrogen) atoms. The molecule has 0 spiro atoms. The maximum atomic E-state index is 12.5. The summed E-state index contributed by atoms with van der Waals surface area (Å²) in [7, 11) is 0. The Morgan fingerprint density at radius 1 is 1.30 bits per heavy atom. The van der Waals surface area contributed by atoms with Crippen molar-refractivity contribution in [1.82, 2.24) is 29.8 Å². The molecule has 0 aromatic carbocycles. The van der Waals surface area contributed by atoms with Gasteiger partial charge in [-0.2, -0.15) is 10.1 Å². The van der Waals surface area contributed by atoms with Crippen LogP contribution in [0.2, 0.25) is 0 Å². The molecule has 1 atom stereocenters. The lowest BCUT2D eigenvalue weighted by Crippen LogP contribution is -2.51. The molecule has 1 aliphatic heterocycles. The van der Waals surface area contributed by atoms with Gasteiger partial charge in [0.25, 0.3) is 5.78 Å². The highest BCUT2D eigenvalue weighted by molar-refractivity contribution is 5.76. The minimum absolute atomic E-state index is 0.0754. The van der Waals surface area contributed by atoms with Gasteiger partial charge in [-0.15, -0.1) is 0 Å². The zero-order valence-electron chi connectivity index (χ0n) is 16.7. The van der Waals surface area contributed by atoms with Gasteiger partial charge in [-0.1, -0.05) is 13.8 Å². The Hall–Kier alpha value is -2.06. The van der Waals surface area contributed by atoms with Gasteiger partial charge in [0.2, 0.25) is 5.91 Å². The summed E-state index contributed by atoms with van der Waals surface area (Å²) in [6, 6.07) is 0.342. The van der Waals surface area contributed by atoms with E-state index in [-0.39, 0.29) is 5.91 Å². The molecule has 8 nitrogen and oxygen atoms in total. The lowest BCUT2D eigenvalue weighted by molar-refractivity contribution is -0.121. The smallest absolute Gasteiger partial charge is 0.252 e. The standard InChI is InChI=1S/C19H30N6O2/c1-13(2)17(24-7-9-27-10-8-24)11-20-18(26)6-5-16-14(3)23-19-21-12-22-25(19)15(16)4/h12-13,17H,5-11H2,1-4H3,(H,20,26). The van der Waals surface area contributed by atoms with Crippen LogP contribution in [0, 0.1) is 19.8 Å². The van der Waals surface area contributed by atoms with Gasteiger partial charge in [-0.05, 0) is 31.7 Å². The van der Waals surface area contributed by atoms with Gasteiger partial charge in [0, 0.05) is 43.5 Å². The molecule has 8 heteroatoms. The van der Waals surface area contributed by atoms with Crippen molar-refractivity contribution in [3.05, 3.63) is 23.3 Å². The highest BCUT2D eigenvalue weighted by Crippen LogP contribution is 2.15. The Labute approximate surface area is 160 Å². The van der Waals surface area contributed by atoms with Crippen molar-refractivity contribution in [2.24, 2.45) is 5.92 Å². The first-order valence-corrected chi connectivity index (χ1v) is 9.71. The van der Waals surface area contributed by atoms with E-state index in [4.69, 9.17) is 4.74 Å². The van der Waals surface area contributed by atoms with Crippen molar-refractivity contribution in [2.45, 2.75) is 46.6 Å². The minimum Gasteiger partial charge on any atom is -0.379 e. The second-order valence-corrected chi connectivity index (χ2v) is 7.50. The molecule has 3 rings (SSSR count). The van der Waals surface area contributed by atoms with Crippen LogP contribution >= 0.6 is 0 Å². The molecular formula is C19H30N6O2. The fourth-order valence-corrected chi connectivity index (χ4v) is 3.76. The van der Waals surface area contributed by atoms with Crippen molar-refractivity contribution in [3.63, 3.8) is 0 Å².